The second-order valence-electron chi connectivity index (χ2n) is 11.5. The maximum absolute atomic E-state index is 12.9. The zero-order valence-corrected chi connectivity index (χ0v) is 19.4. The van der Waals surface area contributed by atoms with Crippen molar-refractivity contribution in [3.8, 4) is 6.07 Å². The number of likely N-dealkylation sites (tertiary alicyclic amines) is 3. The van der Waals surface area contributed by atoms with Gasteiger partial charge in [-0.15, -0.1) is 0 Å². The third-order valence-electron chi connectivity index (χ3n) is 8.66. The average molecular weight is 464 g/mol. The first-order chi connectivity index (χ1) is 16.3. The van der Waals surface area contributed by atoms with Crippen molar-refractivity contribution in [1.82, 2.24) is 39.0 Å². The molecule has 2 amide bonds. The van der Waals surface area contributed by atoms with Crippen LogP contribution in [0.3, 0.4) is 0 Å². The number of carbonyl (C=O) groups excluding carboxylic acids is 1. The Morgan fingerprint density at radius 2 is 1.76 bits per heavy atom. The second-order valence-corrected chi connectivity index (χ2v) is 11.5. The molecule has 0 bridgehead atoms. The lowest BCUT2D eigenvalue weighted by molar-refractivity contribution is -0.120. The van der Waals surface area contributed by atoms with Crippen LogP contribution >= 0.6 is 0 Å². The Morgan fingerprint density at radius 1 is 1.09 bits per heavy atom. The van der Waals surface area contributed by atoms with Crippen LogP contribution in [0.25, 0.3) is 0 Å². The van der Waals surface area contributed by atoms with Crippen molar-refractivity contribution in [3.63, 3.8) is 0 Å². The van der Waals surface area contributed by atoms with Crippen molar-refractivity contribution >= 4 is 6.03 Å². The van der Waals surface area contributed by atoms with Crippen LogP contribution in [0.5, 0.6) is 0 Å². The fraction of sp³-hybridized carbons (Fsp3) is 0.696. The van der Waals surface area contributed by atoms with Gasteiger partial charge in [-0.3, -0.25) is 4.90 Å². The molecule has 2 spiro atoms. The zero-order chi connectivity index (χ0) is 23.3. The molecule has 5 heterocycles. The fourth-order valence-corrected chi connectivity index (χ4v) is 6.55. The van der Waals surface area contributed by atoms with E-state index >= 15 is 0 Å². The predicted molar refractivity (Wildman–Crippen MR) is 118 cm³/mol. The molecule has 7 rings (SSSR count). The SMILES string of the molecule is Cn1cnc(C#N)c1CN1CC2(C1)CN(C(=O)N1CC3(CC(n4cnc(C5(O)CC5)n4)C3)C1)C2. The lowest BCUT2D eigenvalue weighted by Gasteiger charge is -2.63. The van der Waals surface area contributed by atoms with Crippen LogP contribution in [0.2, 0.25) is 0 Å². The first kappa shape index (κ1) is 20.4. The number of carbonyl (C=O) groups is 1. The fourth-order valence-electron chi connectivity index (χ4n) is 6.55. The highest BCUT2D eigenvalue weighted by Crippen LogP contribution is 2.55. The van der Waals surface area contributed by atoms with Gasteiger partial charge in [-0.05, 0) is 25.7 Å². The molecule has 0 unspecified atom stereocenters. The number of hydrogen-bond donors (Lipinski definition) is 1. The summed E-state index contributed by atoms with van der Waals surface area (Å²) in [6.45, 7) is 5.99. The second kappa shape index (κ2) is 6.58. The van der Waals surface area contributed by atoms with E-state index in [1.54, 1.807) is 12.7 Å². The van der Waals surface area contributed by atoms with Crippen molar-refractivity contribution < 1.29 is 9.90 Å². The van der Waals surface area contributed by atoms with Gasteiger partial charge in [0.2, 0.25) is 0 Å². The summed E-state index contributed by atoms with van der Waals surface area (Å²) in [7, 11) is 1.92. The molecule has 178 valence electrons. The molecule has 2 aromatic rings. The Hall–Kier alpha value is -2.97. The van der Waals surface area contributed by atoms with Crippen molar-refractivity contribution in [2.24, 2.45) is 17.9 Å². The summed E-state index contributed by atoms with van der Waals surface area (Å²) >= 11 is 0. The van der Waals surface area contributed by atoms with E-state index in [0.29, 0.717) is 17.6 Å². The largest absolute Gasteiger partial charge is 0.382 e. The van der Waals surface area contributed by atoms with Crippen LogP contribution in [0.4, 0.5) is 4.79 Å². The van der Waals surface area contributed by atoms with E-state index in [-0.39, 0.29) is 16.9 Å². The number of amides is 2. The molecule has 2 aromatic heterocycles. The summed E-state index contributed by atoms with van der Waals surface area (Å²) in [6, 6.07) is 2.67. The molecule has 5 fully saturated rings. The highest BCUT2D eigenvalue weighted by molar-refractivity contribution is 5.77. The Labute approximate surface area is 197 Å². The van der Waals surface area contributed by atoms with E-state index in [4.69, 9.17) is 0 Å². The standard InChI is InChI=1S/C23H29N9O2/c1-28-14-25-17(6-24)18(28)7-29-8-22(9-29)12-31(13-22)20(33)30-10-21(11-30)4-16(5-21)32-15-26-19(27-32)23(34)2-3-23/h14-16,34H,2-5,7-13H2,1H3. The van der Waals surface area contributed by atoms with E-state index in [1.165, 1.54) is 0 Å². The van der Waals surface area contributed by atoms with Gasteiger partial charge in [0.05, 0.1) is 18.1 Å². The lowest BCUT2D eigenvalue weighted by atomic mass is 9.60. The van der Waals surface area contributed by atoms with Gasteiger partial charge >= 0.3 is 6.03 Å². The summed E-state index contributed by atoms with van der Waals surface area (Å²) in [6.07, 6.45) is 7.00. The van der Waals surface area contributed by atoms with Gasteiger partial charge in [0.1, 0.15) is 18.0 Å². The Morgan fingerprint density at radius 3 is 2.41 bits per heavy atom. The Balaban J connectivity index is 0.864. The molecule has 5 aliphatic rings. The first-order valence-electron chi connectivity index (χ1n) is 12.1. The van der Waals surface area contributed by atoms with Crippen molar-refractivity contribution in [3.05, 3.63) is 29.9 Å². The van der Waals surface area contributed by atoms with E-state index in [9.17, 15) is 15.2 Å². The highest BCUT2D eigenvalue weighted by Gasteiger charge is 2.58. The maximum atomic E-state index is 12.9. The summed E-state index contributed by atoms with van der Waals surface area (Å²) < 4.78 is 3.83. The van der Waals surface area contributed by atoms with Crippen LogP contribution in [0, 0.1) is 22.2 Å². The average Bonchev–Trinajstić information content (AvgIpc) is 3.11. The highest BCUT2D eigenvalue weighted by atomic mass is 16.3. The van der Waals surface area contributed by atoms with Gasteiger partial charge in [-0.2, -0.15) is 10.4 Å². The maximum Gasteiger partial charge on any atom is 0.320 e. The topological polar surface area (TPSA) is 119 Å². The van der Waals surface area contributed by atoms with Crippen LogP contribution in [0.1, 0.15) is 48.9 Å². The minimum absolute atomic E-state index is 0.176. The van der Waals surface area contributed by atoms with Crippen LogP contribution in [0.15, 0.2) is 12.7 Å². The molecule has 2 saturated carbocycles. The lowest BCUT2D eigenvalue weighted by Crippen LogP contribution is -2.75. The van der Waals surface area contributed by atoms with Gasteiger partial charge in [0, 0.05) is 63.7 Å². The van der Waals surface area contributed by atoms with Gasteiger partial charge in [-0.25, -0.2) is 19.4 Å². The molecule has 3 aliphatic heterocycles. The number of urea groups is 1. The summed E-state index contributed by atoms with van der Waals surface area (Å²) in [4.78, 5) is 27.7. The minimum atomic E-state index is -0.781. The minimum Gasteiger partial charge on any atom is -0.382 e. The number of nitrogens with zero attached hydrogens (tertiary/aromatic N) is 9. The number of aliphatic hydroxyl groups is 1. The summed E-state index contributed by atoms with van der Waals surface area (Å²) in [5.74, 6) is 0.561. The molecule has 3 saturated heterocycles. The molecule has 2 aliphatic carbocycles. The molecule has 0 atom stereocenters. The number of aromatic nitrogens is 5. The van der Waals surface area contributed by atoms with Crippen LogP contribution < -0.4 is 0 Å². The van der Waals surface area contributed by atoms with Gasteiger partial charge in [0.25, 0.3) is 0 Å². The molecule has 11 heteroatoms. The monoisotopic (exact) mass is 463 g/mol. The number of nitriles is 1. The van der Waals surface area contributed by atoms with Gasteiger partial charge < -0.3 is 19.5 Å². The van der Waals surface area contributed by atoms with E-state index in [0.717, 1.165) is 77.2 Å². The molecule has 11 nitrogen and oxygen atoms in total. The number of aryl methyl sites for hydroxylation is 1. The molecular weight excluding hydrogens is 434 g/mol. The van der Waals surface area contributed by atoms with Crippen molar-refractivity contribution in [2.75, 3.05) is 39.3 Å². The number of imidazole rings is 1. The van der Waals surface area contributed by atoms with Crippen LogP contribution in [-0.2, 0) is 19.2 Å². The predicted octanol–water partition coefficient (Wildman–Crippen LogP) is 0.439. The van der Waals surface area contributed by atoms with Crippen molar-refractivity contribution in [1.29, 1.82) is 5.26 Å². The van der Waals surface area contributed by atoms with Crippen LogP contribution in [-0.4, -0.2) is 89.4 Å². The Bertz CT molecular complexity index is 1190. The van der Waals surface area contributed by atoms with Crippen molar-refractivity contribution in [2.45, 2.75) is 43.9 Å². The molecule has 1 N–H and O–H groups in total. The Kier molecular flexibility index (Phi) is 3.95. The molecule has 34 heavy (non-hydrogen) atoms. The zero-order valence-electron chi connectivity index (χ0n) is 19.4. The number of hydrogen-bond acceptors (Lipinski definition) is 7. The normalized spacial score (nSPS) is 25.9. The number of rotatable bonds is 4. The smallest absolute Gasteiger partial charge is 0.320 e. The third kappa shape index (κ3) is 2.94. The van der Waals surface area contributed by atoms with E-state index < -0.39 is 5.60 Å². The molecule has 0 aromatic carbocycles. The summed E-state index contributed by atoms with van der Waals surface area (Å²) in [5.41, 5.74) is 1.14. The third-order valence-corrected chi connectivity index (χ3v) is 8.66. The first-order valence-corrected chi connectivity index (χ1v) is 12.1. The van der Waals surface area contributed by atoms with Gasteiger partial charge in [0.15, 0.2) is 11.5 Å². The van der Waals surface area contributed by atoms with E-state index in [1.807, 2.05) is 26.1 Å². The molecular formula is C23H29N9O2. The van der Waals surface area contributed by atoms with E-state index in [2.05, 4.69) is 26.0 Å². The molecule has 0 radical (unpaired) electrons. The summed E-state index contributed by atoms with van der Waals surface area (Å²) in [5, 5.41) is 23.9. The van der Waals surface area contributed by atoms with Gasteiger partial charge in [-0.1, -0.05) is 0 Å². The quantitative estimate of drug-likeness (QED) is 0.699.